The lowest BCUT2D eigenvalue weighted by Crippen LogP contribution is -2.37. The summed E-state index contributed by atoms with van der Waals surface area (Å²) in [6, 6.07) is 21.3. The van der Waals surface area contributed by atoms with Gasteiger partial charge in [-0.25, -0.2) is 9.96 Å². The minimum absolute atomic E-state index is 0.338. The van der Waals surface area contributed by atoms with E-state index in [1.807, 2.05) is 54.6 Å². The van der Waals surface area contributed by atoms with Gasteiger partial charge in [0.1, 0.15) is 5.92 Å². The predicted octanol–water partition coefficient (Wildman–Crippen LogP) is 5.81. The van der Waals surface area contributed by atoms with Crippen molar-refractivity contribution in [3.8, 4) is 0 Å². The molecule has 2 heterocycles. The van der Waals surface area contributed by atoms with Crippen molar-refractivity contribution in [1.29, 1.82) is 0 Å². The van der Waals surface area contributed by atoms with Gasteiger partial charge in [0.05, 0.1) is 17.4 Å². The third-order valence-electron chi connectivity index (χ3n) is 5.42. The summed E-state index contributed by atoms with van der Waals surface area (Å²) in [5.41, 5.74) is 1.96. The molecule has 3 aromatic rings. The number of halogens is 3. The number of carbonyl (C=O) groups excluding carboxylic acids is 2. The number of hydrogen-bond acceptors (Lipinski definition) is 4. The molecule has 0 aliphatic carbocycles. The molecule has 0 spiro atoms. The van der Waals surface area contributed by atoms with Crippen LogP contribution in [0, 0.1) is 5.92 Å². The number of benzene rings is 3. The quantitative estimate of drug-likeness (QED) is 0.411. The predicted molar refractivity (Wildman–Crippen MR) is 123 cm³/mol. The maximum atomic E-state index is 13.6. The summed E-state index contributed by atoms with van der Waals surface area (Å²) in [4.78, 5) is 34.1. The Morgan fingerprint density at radius 1 is 0.806 bits per heavy atom. The minimum Gasteiger partial charge on any atom is -0.273 e. The fourth-order valence-electron chi connectivity index (χ4n) is 4.17. The standard InChI is InChI=1S/C23H15BrCl2N2O3/c24-14-6-4-5-13(9-14)20-19-21(31-28(20)17-7-2-1-3-8-17)23(30)27(22(19)29)18-11-15(25)10-16(26)12-18/h1-12,19-21H/t19-,20-,21+/m0/s1. The van der Waals surface area contributed by atoms with Gasteiger partial charge in [0, 0.05) is 14.5 Å². The van der Waals surface area contributed by atoms with Crippen molar-refractivity contribution < 1.29 is 14.4 Å². The molecule has 5 nitrogen and oxygen atoms in total. The van der Waals surface area contributed by atoms with E-state index in [1.165, 1.54) is 0 Å². The van der Waals surface area contributed by atoms with E-state index >= 15 is 0 Å². The number of amides is 2. The Hall–Kier alpha value is -2.38. The molecule has 156 valence electrons. The molecule has 0 radical (unpaired) electrons. The lowest BCUT2D eigenvalue weighted by molar-refractivity contribution is -0.126. The molecule has 3 aromatic carbocycles. The molecule has 0 aromatic heterocycles. The third-order valence-corrected chi connectivity index (χ3v) is 6.35. The van der Waals surface area contributed by atoms with Gasteiger partial charge >= 0.3 is 0 Å². The van der Waals surface area contributed by atoms with E-state index in [0.29, 0.717) is 15.7 Å². The molecule has 2 amide bonds. The first-order valence-corrected chi connectivity index (χ1v) is 11.1. The molecule has 0 N–H and O–H groups in total. The van der Waals surface area contributed by atoms with E-state index in [-0.39, 0.29) is 5.91 Å². The van der Waals surface area contributed by atoms with Crippen molar-refractivity contribution >= 4 is 62.3 Å². The number of rotatable bonds is 3. The molecule has 2 fully saturated rings. The van der Waals surface area contributed by atoms with Gasteiger partial charge in [-0.15, -0.1) is 0 Å². The zero-order valence-electron chi connectivity index (χ0n) is 15.9. The molecule has 2 saturated heterocycles. The van der Waals surface area contributed by atoms with Crippen molar-refractivity contribution in [1.82, 2.24) is 0 Å². The van der Waals surface area contributed by atoms with E-state index < -0.39 is 24.0 Å². The van der Waals surface area contributed by atoms with Gasteiger partial charge in [-0.05, 0) is 48.0 Å². The lowest BCUT2D eigenvalue weighted by atomic mass is 9.90. The Labute approximate surface area is 197 Å². The molecule has 2 aliphatic heterocycles. The van der Waals surface area contributed by atoms with Crippen LogP contribution < -0.4 is 9.96 Å². The van der Waals surface area contributed by atoms with E-state index in [4.69, 9.17) is 28.0 Å². The first kappa shape index (κ1) is 20.5. The molecular weight excluding hydrogens is 503 g/mol. The second-order valence-electron chi connectivity index (χ2n) is 7.35. The topological polar surface area (TPSA) is 49.9 Å². The molecule has 0 unspecified atom stereocenters. The van der Waals surface area contributed by atoms with Gasteiger partial charge in [-0.2, -0.15) is 0 Å². The number of hydrogen-bond donors (Lipinski definition) is 0. The van der Waals surface area contributed by atoms with Gasteiger partial charge in [-0.3, -0.25) is 14.4 Å². The van der Waals surface area contributed by atoms with Crippen LogP contribution in [0.4, 0.5) is 11.4 Å². The zero-order valence-corrected chi connectivity index (χ0v) is 19.0. The van der Waals surface area contributed by atoms with Crippen LogP contribution in [0.3, 0.4) is 0 Å². The largest absolute Gasteiger partial charge is 0.273 e. The summed E-state index contributed by atoms with van der Waals surface area (Å²) < 4.78 is 0.872. The van der Waals surface area contributed by atoms with Crippen molar-refractivity contribution in [2.24, 2.45) is 5.92 Å². The summed E-state index contributed by atoms with van der Waals surface area (Å²) >= 11 is 15.7. The molecule has 8 heteroatoms. The minimum atomic E-state index is -0.950. The normalized spacial score (nSPS) is 22.9. The highest BCUT2D eigenvalue weighted by molar-refractivity contribution is 9.10. The number of anilines is 2. The number of carbonyl (C=O) groups is 2. The van der Waals surface area contributed by atoms with Crippen LogP contribution in [0.5, 0.6) is 0 Å². The van der Waals surface area contributed by atoms with Gasteiger partial charge in [-0.1, -0.05) is 69.5 Å². The maximum absolute atomic E-state index is 13.6. The summed E-state index contributed by atoms with van der Waals surface area (Å²) in [6.07, 6.45) is -0.950. The van der Waals surface area contributed by atoms with Crippen LogP contribution in [-0.2, 0) is 14.4 Å². The Morgan fingerprint density at radius 3 is 2.19 bits per heavy atom. The average molecular weight is 518 g/mol. The second-order valence-corrected chi connectivity index (χ2v) is 9.14. The third kappa shape index (κ3) is 3.53. The van der Waals surface area contributed by atoms with Crippen LogP contribution in [0.15, 0.2) is 77.3 Å². The molecule has 0 bridgehead atoms. The first-order chi connectivity index (χ1) is 14.9. The van der Waals surface area contributed by atoms with Gasteiger partial charge in [0.2, 0.25) is 5.91 Å². The number of para-hydroxylation sites is 1. The highest BCUT2D eigenvalue weighted by atomic mass is 79.9. The molecular formula is C23H15BrCl2N2O3. The monoisotopic (exact) mass is 516 g/mol. The number of fused-ring (bicyclic) bond motifs is 1. The van der Waals surface area contributed by atoms with Crippen molar-refractivity contribution in [2.75, 3.05) is 9.96 Å². The summed E-state index contributed by atoms with van der Waals surface area (Å²) in [5.74, 6) is -1.51. The maximum Gasteiger partial charge on any atom is 0.266 e. The Morgan fingerprint density at radius 2 is 1.52 bits per heavy atom. The Kier molecular flexibility index (Phi) is 5.26. The van der Waals surface area contributed by atoms with Crippen LogP contribution in [0.2, 0.25) is 10.0 Å². The van der Waals surface area contributed by atoms with E-state index in [9.17, 15) is 9.59 Å². The Balaban J connectivity index is 1.60. The van der Waals surface area contributed by atoms with Crippen molar-refractivity contribution in [3.05, 3.63) is 92.9 Å². The van der Waals surface area contributed by atoms with Gasteiger partial charge in [0.25, 0.3) is 5.91 Å². The van der Waals surface area contributed by atoms with E-state index in [0.717, 1.165) is 20.6 Å². The van der Waals surface area contributed by atoms with Gasteiger partial charge < -0.3 is 0 Å². The van der Waals surface area contributed by atoms with Crippen molar-refractivity contribution in [2.45, 2.75) is 12.1 Å². The highest BCUT2D eigenvalue weighted by Gasteiger charge is 2.60. The molecule has 2 aliphatic rings. The second kappa shape index (κ2) is 7.95. The number of nitrogens with zero attached hydrogens (tertiary/aromatic N) is 2. The number of hydroxylamine groups is 1. The molecule has 3 atom stereocenters. The SMILES string of the molecule is O=C1[C@@H]2[C@@H](ON(c3ccccc3)[C@H]2c2cccc(Br)c2)C(=O)N1c1cc(Cl)cc(Cl)c1. The van der Waals surface area contributed by atoms with Crippen LogP contribution in [-0.4, -0.2) is 17.9 Å². The fourth-order valence-corrected chi connectivity index (χ4v) is 5.10. The van der Waals surface area contributed by atoms with Crippen LogP contribution in [0.25, 0.3) is 0 Å². The summed E-state index contributed by atoms with van der Waals surface area (Å²) in [6.45, 7) is 0. The molecule has 0 saturated carbocycles. The van der Waals surface area contributed by atoms with E-state index in [2.05, 4.69) is 15.9 Å². The zero-order chi connectivity index (χ0) is 21.7. The number of imide groups is 1. The average Bonchev–Trinajstić information content (AvgIpc) is 3.24. The van der Waals surface area contributed by atoms with Gasteiger partial charge in [0.15, 0.2) is 6.10 Å². The molecule has 5 rings (SSSR count). The van der Waals surface area contributed by atoms with Crippen LogP contribution in [0.1, 0.15) is 11.6 Å². The molecule has 31 heavy (non-hydrogen) atoms. The van der Waals surface area contributed by atoms with E-state index in [1.54, 1.807) is 23.3 Å². The first-order valence-electron chi connectivity index (χ1n) is 9.54. The lowest BCUT2D eigenvalue weighted by Gasteiger charge is -2.29. The smallest absolute Gasteiger partial charge is 0.266 e. The summed E-state index contributed by atoms with van der Waals surface area (Å²) in [5, 5.41) is 2.35. The van der Waals surface area contributed by atoms with Crippen LogP contribution >= 0.6 is 39.1 Å². The summed E-state index contributed by atoms with van der Waals surface area (Å²) in [7, 11) is 0. The van der Waals surface area contributed by atoms with Crippen molar-refractivity contribution in [3.63, 3.8) is 0 Å². The Bertz CT molecular complexity index is 1170. The fraction of sp³-hybridized carbons (Fsp3) is 0.130. The highest BCUT2D eigenvalue weighted by Crippen LogP contribution is 2.48.